The molecule has 0 saturated heterocycles. The summed E-state index contributed by atoms with van der Waals surface area (Å²) in [5.41, 5.74) is 4.07. The maximum Gasteiger partial charge on any atom is 0.148 e. The largest absolute Gasteiger partial charge is 0.339 e. The predicted octanol–water partition coefficient (Wildman–Crippen LogP) is 4.42. The minimum absolute atomic E-state index is 0.396. The number of anilines is 3. The highest BCUT2D eigenvalue weighted by atomic mass is 35.5. The summed E-state index contributed by atoms with van der Waals surface area (Å²) in [6, 6.07) is 3.23. The highest BCUT2D eigenvalue weighted by molar-refractivity contribution is 6.44. The van der Waals surface area contributed by atoms with Crippen molar-refractivity contribution >= 4 is 52.1 Å². The van der Waals surface area contributed by atoms with Crippen LogP contribution in [0.15, 0.2) is 18.5 Å². The molecule has 0 unspecified atom stereocenters. The van der Waals surface area contributed by atoms with Crippen LogP contribution >= 0.6 is 34.8 Å². The van der Waals surface area contributed by atoms with Crippen LogP contribution in [-0.2, 0) is 6.42 Å². The van der Waals surface area contributed by atoms with Gasteiger partial charge in [0.1, 0.15) is 18.0 Å². The molecule has 0 amide bonds. The number of nitrogens with two attached hydrogens (primary N) is 1. The maximum atomic E-state index is 6.17. The van der Waals surface area contributed by atoms with Crippen molar-refractivity contribution in [2.45, 2.75) is 19.8 Å². The van der Waals surface area contributed by atoms with Crippen molar-refractivity contribution in [1.29, 1.82) is 0 Å². The summed E-state index contributed by atoms with van der Waals surface area (Å²) in [6.07, 6.45) is 3.11. The molecule has 0 aliphatic heterocycles. The lowest BCUT2D eigenvalue weighted by molar-refractivity contribution is 0.903. The number of hydrazine groups is 1. The van der Waals surface area contributed by atoms with Crippen LogP contribution in [0.3, 0.4) is 0 Å². The molecule has 2 aromatic rings. The van der Waals surface area contributed by atoms with Crippen LogP contribution in [0, 0.1) is 0 Å². The topological polar surface area (TPSA) is 75.9 Å². The first kappa shape index (κ1) is 16.1. The van der Waals surface area contributed by atoms with Crippen molar-refractivity contribution in [3.05, 3.63) is 39.1 Å². The Morgan fingerprint density at radius 1 is 1.05 bits per heavy atom. The van der Waals surface area contributed by atoms with Gasteiger partial charge in [-0.25, -0.2) is 15.8 Å². The summed E-state index contributed by atoms with van der Waals surface area (Å²) in [4.78, 5) is 8.35. The van der Waals surface area contributed by atoms with Crippen molar-refractivity contribution in [2.75, 3.05) is 10.7 Å². The predicted molar refractivity (Wildman–Crippen MR) is 88.6 cm³/mol. The zero-order valence-corrected chi connectivity index (χ0v) is 13.5. The van der Waals surface area contributed by atoms with Gasteiger partial charge in [-0.2, -0.15) is 0 Å². The Morgan fingerprint density at radius 3 is 2.38 bits per heavy atom. The van der Waals surface area contributed by atoms with E-state index in [-0.39, 0.29) is 0 Å². The standard InChI is InChI=1S/C13H14Cl3N5/c1-2-3-7-12(18-6-19-13(7)21-17)20-11-5-9(15)8(14)4-10(11)16/h4-6H,2-3,17H2,1H3,(H2,18,19,20,21). The zero-order valence-electron chi connectivity index (χ0n) is 11.3. The number of hydrogen-bond acceptors (Lipinski definition) is 5. The van der Waals surface area contributed by atoms with Crippen LogP contribution in [0.25, 0.3) is 0 Å². The van der Waals surface area contributed by atoms with Crippen LogP contribution < -0.4 is 16.6 Å². The van der Waals surface area contributed by atoms with Gasteiger partial charge in [0.25, 0.3) is 0 Å². The molecule has 0 bridgehead atoms. The van der Waals surface area contributed by atoms with Crippen molar-refractivity contribution in [1.82, 2.24) is 9.97 Å². The summed E-state index contributed by atoms with van der Waals surface area (Å²) >= 11 is 18.1. The second-order valence-corrected chi connectivity index (χ2v) is 5.54. The second kappa shape index (κ2) is 7.13. The fourth-order valence-corrected chi connectivity index (χ4v) is 2.47. The minimum atomic E-state index is 0.396. The lowest BCUT2D eigenvalue weighted by atomic mass is 10.1. The molecule has 0 aliphatic rings. The molecular formula is C13H14Cl3N5. The quantitative estimate of drug-likeness (QED) is 0.424. The number of halogens is 3. The minimum Gasteiger partial charge on any atom is -0.339 e. The average molecular weight is 347 g/mol. The molecule has 8 heteroatoms. The molecule has 0 spiro atoms. The Bertz CT molecular complexity index is 648. The third kappa shape index (κ3) is 3.68. The van der Waals surface area contributed by atoms with Gasteiger partial charge in [-0.05, 0) is 18.6 Å². The van der Waals surface area contributed by atoms with E-state index in [9.17, 15) is 0 Å². The number of nitrogens with zero attached hydrogens (tertiary/aromatic N) is 2. The van der Waals surface area contributed by atoms with Crippen LogP contribution in [0.5, 0.6) is 0 Å². The normalized spacial score (nSPS) is 10.5. The van der Waals surface area contributed by atoms with Gasteiger partial charge >= 0.3 is 0 Å². The van der Waals surface area contributed by atoms with Gasteiger partial charge in [0, 0.05) is 5.56 Å². The molecule has 112 valence electrons. The number of aromatic nitrogens is 2. The Morgan fingerprint density at radius 2 is 1.71 bits per heavy atom. The molecule has 1 heterocycles. The van der Waals surface area contributed by atoms with Crippen molar-refractivity contribution in [2.24, 2.45) is 5.84 Å². The summed E-state index contributed by atoms with van der Waals surface area (Å²) in [5, 5.41) is 4.40. The first-order chi connectivity index (χ1) is 10.1. The van der Waals surface area contributed by atoms with Crippen LogP contribution in [0.2, 0.25) is 15.1 Å². The van der Waals surface area contributed by atoms with Gasteiger partial charge in [0.15, 0.2) is 0 Å². The van der Waals surface area contributed by atoms with Crippen LogP contribution in [0.4, 0.5) is 17.3 Å². The van der Waals surface area contributed by atoms with E-state index in [4.69, 9.17) is 40.6 Å². The molecule has 2 rings (SSSR count). The second-order valence-electron chi connectivity index (χ2n) is 4.31. The van der Waals surface area contributed by atoms with Gasteiger partial charge in [-0.1, -0.05) is 48.1 Å². The highest BCUT2D eigenvalue weighted by Gasteiger charge is 2.13. The van der Waals surface area contributed by atoms with E-state index in [2.05, 4.69) is 27.6 Å². The van der Waals surface area contributed by atoms with Crippen molar-refractivity contribution < 1.29 is 0 Å². The van der Waals surface area contributed by atoms with E-state index in [0.29, 0.717) is 32.4 Å². The van der Waals surface area contributed by atoms with E-state index in [1.54, 1.807) is 12.1 Å². The molecule has 0 saturated carbocycles. The molecule has 4 N–H and O–H groups in total. The first-order valence-electron chi connectivity index (χ1n) is 6.28. The van der Waals surface area contributed by atoms with Gasteiger partial charge in [-0.15, -0.1) is 0 Å². The number of benzene rings is 1. The Balaban J connectivity index is 2.42. The number of nitrogens with one attached hydrogen (secondary N) is 2. The third-order valence-corrected chi connectivity index (χ3v) is 3.88. The van der Waals surface area contributed by atoms with Crippen molar-refractivity contribution in [3.8, 4) is 0 Å². The summed E-state index contributed by atoms with van der Waals surface area (Å²) in [6.45, 7) is 2.06. The van der Waals surface area contributed by atoms with Gasteiger partial charge < -0.3 is 10.7 Å². The number of hydrogen-bond donors (Lipinski definition) is 3. The first-order valence-corrected chi connectivity index (χ1v) is 7.42. The molecule has 0 fully saturated rings. The molecular weight excluding hydrogens is 333 g/mol. The molecule has 0 aliphatic carbocycles. The molecule has 0 atom stereocenters. The number of rotatable bonds is 5. The fourth-order valence-electron chi connectivity index (χ4n) is 1.88. The molecule has 1 aromatic heterocycles. The van der Waals surface area contributed by atoms with E-state index in [1.807, 2.05) is 0 Å². The molecule has 5 nitrogen and oxygen atoms in total. The fraction of sp³-hybridized carbons (Fsp3) is 0.231. The number of nitrogen functional groups attached to an aromatic ring is 1. The van der Waals surface area contributed by atoms with Crippen molar-refractivity contribution in [3.63, 3.8) is 0 Å². The smallest absolute Gasteiger partial charge is 0.148 e. The SMILES string of the molecule is CCCc1c(NN)ncnc1Nc1cc(Cl)c(Cl)cc1Cl. The lowest BCUT2D eigenvalue weighted by Crippen LogP contribution is -2.13. The average Bonchev–Trinajstić information content (AvgIpc) is 2.46. The van der Waals surface area contributed by atoms with Gasteiger partial charge in [-0.3, -0.25) is 0 Å². The summed E-state index contributed by atoms with van der Waals surface area (Å²) in [7, 11) is 0. The highest BCUT2D eigenvalue weighted by Crippen LogP contribution is 2.34. The lowest BCUT2D eigenvalue weighted by Gasteiger charge is -2.14. The molecule has 21 heavy (non-hydrogen) atoms. The monoisotopic (exact) mass is 345 g/mol. The Labute approximate surface area is 137 Å². The Hall–Kier alpha value is -1.27. The van der Waals surface area contributed by atoms with Gasteiger partial charge in [0.05, 0.1) is 20.8 Å². The van der Waals surface area contributed by atoms with E-state index in [0.717, 1.165) is 18.4 Å². The van der Waals surface area contributed by atoms with Crippen LogP contribution in [-0.4, -0.2) is 9.97 Å². The Kier molecular flexibility index (Phi) is 5.47. The van der Waals surface area contributed by atoms with Gasteiger partial charge in [0.2, 0.25) is 0 Å². The summed E-state index contributed by atoms with van der Waals surface area (Å²) < 4.78 is 0. The summed E-state index contributed by atoms with van der Waals surface area (Å²) in [5.74, 6) is 6.68. The zero-order chi connectivity index (χ0) is 15.4. The molecule has 1 aromatic carbocycles. The molecule has 0 radical (unpaired) electrons. The van der Waals surface area contributed by atoms with E-state index >= 15 is 0 Å². The maximum absolute atomic E-state index is 6.17. The van der Waals surface area contributed by atoms with E-state index in [1.165, 1.54) is 6.33 Å². The van der Waals surface area contributed by atoms with E-state index < -0.39 is 0 Å². The third-order valence-electron chi connectivity index (χ3n) is 2.85. The van der Waals surface area contributed by atoms with Crippen LogP contribution in [0.1, 0.15) is 18.9 Å².